The summed E-state index contributed by atoms with van der Waals surface area (Å²) in [4.78, 5) is 45.3. The van der Waals surface area contributed by atoms with E-state index in [2.05, 4.69) is 5.10 Å². The molecule has 4 atom stereocenters. The maximum absolute atomic E-state index is 16.5. The average Bonchev–Trinajstić information content (AvgIpc) is 3.71. The molecule has 10 nitrogen and oxygen atoms in total. The van der Waals surface area contributed by atoms with Gasteiger partial charge in [-0.3, -0.25) is 19.5 Å². The first kappa shape index (κ1) is 35.4. The lowest BCUT2D eigenvalue weighted by Crippen LogP contribution is -2.45. The predicted molar refractivity (Wildman–Crippen MR) is 200 cm³/mol. The predicted octanol–water partition coefficient (Wildman–Crippen LogP) is 6.06. The summed E-state index contributed by atoms with van der Waals surface area (Å²) in [7, 11) is -2.01. The van der Waals surface area contributed by atoms with E-state index in [1.165, 1.54) is 4.68 Å². The maximum atomic E-state index is 16.5. The molecule has 2 N–H and O–H groups in total. The Morgan fingerprint density at radius 3 is 2.44 bits per heavy atom. The van der Waals surface area contributed by atoms with Gasteiger partial charge in [0.05, 0.1) is 55.1 Å². The first-order chi connectivity index (χ1) is 25.0. The van der Waals surface area contributed by atoms with E-state index in [0.29, 0.717) is 33.6 Å². The van der Waals surface area contributed by atoms with Crippen LogP contribution in [0.4, 0.5) is 9.80 Å². The summed E-state index contributed by atoms with van der Waals surface area (Å²) in [5.74, 6) is -0.718. The standard InChI is InChI=1S/C40H43FN4O6Si/c1-26-37(52(3,4)41)35(23-36(47)43(19-20-46)24-27-11-6-5-7-12-27)51-40(26)32-22-30(50-2)17-18-34(32)44(39(40)49)25-28-13-10-14-29(21-28)45-38(48)31-15-8-9-16-33(31)42-45/h5-18,21-22,26,35,37,42,46H,19-20,23-25H2,1-4H3/t26-,35+,37-,40+/m1/s1. The molecule has 1 fully saturated rings. The normalized spacial score (nSPS) is 21.2. The van der Waals surface area contributed by atoms with Gasteiger partial charge in [-0.15, -0.1) is 0 Å². The topological polar surface area (TPSA) is 117 Å². The summed E-state index contributed by atoms with van der Waals surface area (Å²) < 4.78 is 30.4. The minimum absolute atomic E-state index is 0.110. The van der Waals surface area contributed by atoms with Gasteiger partial charge in [0.15, 0.2) is 5.60 Å². The Morgan fingerprint density at radius 2 is 1.73 bits per heavy atom. The van der Waals surface area contributed by atoms with Crippen molar-refractivity contribution in [1.29, 1.82) is 0 Å². The van der Waals surface area contributed by atoms with Crippen LogP contribution in [0.5, 0.6) is 5.75 Å². The molecule has 0 aliphatic carbocycles. The number of halogens is 1. The van der Waals surface area contributed by atoms with Gasteiger partial charge in [0.25, 0.3) is 11.5 Å². The number of benzene rings is 4. The van der Waals surface area contributed by atoms with Crippen molar-refractivity contribution in [3.8, 4) is 11.4 Å². The van der Waals surface area contributed by atoms with Crippen LogP contribution in [0.15, 0.2) is 102 Å². The van der Waals surface area contributed by atoms with Gasteiger partial charge < -0.3 is 28.5 Å². The number of aromatic amines is 1. The smallest absolute Gasteiger partial charge is 0.279 e. The number of carbonyl (C=O) groups is 2. The summed E-state index contributed by atoms with van der Waals surface area (Å²) in [6.45, 7) is 5.38. The van der Waals surface area contributed by atoms with Gasteiger partial charge in [0.1, 0.15) is 5.75 Å². The molecule has 0 saturated carbocycles. The number of H-pyrrole nitrogens is 1. The minimum atomic E-state index is -3.55. The van der Waals surface area contributed by atoms with E-state index in [4.69, 9.17) is 9.47 Å². The van der Waals surface area contributed by atoms with Gasteiger partial charge in [-0.25, -0.2) is 4.68 Å². The molecular weight excluding hydrogens is 680 g/mol. The molecule has 5 aromatic rings. The van der Waals surface area contributed by atoms with Crippen molar-refractivity contribution < 1.29 is 28.3 Å². The maximum Gasteiger partial charge on any atom is 0.279 e. The molecular formula is C40H43FN4O6Si. The molecule has 0 unspecified atom stereocenters. The van der Waals surface area contributed by atoms with Crippen LogP contribution in [0.2, 0.25) is 18.6 Å². The number of nitrogens with zero attached hydrogens (tertiary/aromatic N) is 3. The van der Waals surface area contributed by atoms with Crippen LogP contribution < -0.4 is 15.2 Å². The highest BCUT2D eigenvalue weighted by atomic mass is 28.4. The number of para-hydroxylation sites is 1. The van der Waals surface area contributed by atoms with Gasteiger partial charge in [-0.2, -0.15) is 0 Å². The molecule has 2 aliphatic heterocycles. The Morgan fingerprint density at radius 1 is 1.00 bits per heavy atom. The van der Waals surface area contributed by atoms with Crippen LogP contribution in [0.1, 0.15) is 30.0 Å². The van der Waals surface area contributed by atoms with Crippen LogP contribution in [0.3, 0.4) is 0 Å². The lowest BCUT2D eigenvalue weighted by molar-refractivity contribution is -0.150. The fraction of sp³-hybridized carbons (Fsp3) is 0.325. The molecule has 2 amide bonds. The molecule has 1 saturated heterocycles. The second-order valence-electron chi connectivity index (χ2n) is 14.2. The Bertz CT molecular complexity index is 2180. The Labute approximate surface area is 302 Å². The largest absolute Gasteiger partial charge is 0.497 e. The number of rotatable bonds is 11. The molecule has 12 heteroatoms. The summed E-state index contributed by atoms with van der Waals surface area (Å²) in [6, 6.07) is 29.6. The fourth-order valence-corrected chi connectivity index (χ4v) is 10.7. The SMILES string of the molecule is COc1ccc2c(c1)[C@]1(O[C@@H](CC(=O)N(CCO)Cc3ccccc3)[C@H]([Si](C)(C)F)[C@H]1C)C(=O)N2Cc1cccc(-n2[nH]c3ccccc3c2=O)c1. The Balaban J connectivity index is 1.24. The number of amides is 2. The van der Waals surface area contributed by atoms with Crippen LogP contribution in [-0.2, 0) is 33.0 Å². The van der Waals surface area contributed by atoms with Gasteiger partial charge in [-0.1, -0.05) is 61.5 Å². The number of nitrogens with one attached hydrogen (secondary N) is 1. The molecule has 0 bridgehead atoms. The monoisotopic (exact) mass is 722 g/mol. The molecule has 7 rings (SSSR count). The van der Waals surface area contributed by atoms with Crippen LogP contribution in [0, 0.1) is 5.92 Å². The first-order valence-electron chi connectivity index (χ1n) is 17.5. The van der Waals surface area contributed by atoms with Crippen molar-refractivity contribution in [2.45, 2.75) is 56.8 Å². The number of aliphatic hydroxyl groups excluding tert-OH is 1. The van der Waals surface area contributed by atoms with Crippen molar-refractivity contribution >= 4 is 36.8 Å². The zero-order valence-corrected chi connectivity index (χ0v) is 30.7. The highest BCUT2D eigenvalue weighted by Crippen LogP contribution is 2.60. The molecule has 1 spiro atoms. The highest BCUT2D eigenvalue weighted by Gasteiger charge is 2.67. The lowest BCUT2D eigenvalue weighted by atomic mass is 9.82. The van der Waals surface area contributed by atoms with Crippen LogP contribution >= 0.6 is 0 Å². The lowest BCUT2D eigenvalue weighted by Gasteiger charge is -2.31. The molecule has 52 heavy (non-hydrogen) atoms. The number of ether oxygens (including phenoxy) is 2. The molecule has 0 radical (unpaired) electrons. The number of carbonyl (C=O) groups excluding carboxylic acids is 2. The van der Waals surface area contributed by atoms with Crippen LogP contribution in [-0.4, -0.2) is 66.4 Å². The molecule has 270 valence electrons. The van der Waals surface area contributed by atoms with E-state index in [9.17, 15) is 19.5 Å². The number of methoxy groups -OCH3 is 1. The second kappa shape index (κ2) is 13.8. The number of aromatic nitrogens is 2. The van der Waals surface area contributed by atoms with Crippen molar-refractivity contribution in [2.75, 3.05) is 25.2 Å². The molecule has 3 heterocycles. The summed E-state index contributed by atoms with van der Waals surface area (Å²) in [5.41, 5.74) is 1.75. The molecule has 4 aromatic carbocycles. The first-order valence-corrected chi connectivity index (χ1v) is 20.5. The van der Waals surface area contributed by atoms with Gasteiger partial charge >= 0.3 is 0 Å². The third-order valence-corrected chi connectivity index (χ3v) is 13.0. The number of aliphatic hydroxyl groups is 1. The van der Waals surface area contributed by atoms with E-state index in [1.807, 2.05) is 85.8 Å². The van der Waals surface area contributed by atoms with Gasteiger partial charge in [-0.05, 0) is 66.7 Å². The summed E-state index contributed by atoms with van der Waals surface area (Å²) >= 11 is 0. The van der Waals surface area contributed by atoms with Gasteiger partial charge in [0.2, 0.25) is 14.3 Å². The second-order valence-corrected chi connectivity index (χ2v) is 18.0. The number of fused-ring (bicyclic) bond motifs is 3. The zero-order valence-electron chi connectivity index (χ0n) is 29.7. The third-order valence-electron chi connectivity index (χ3n) is 10.6. The van der Waals surface area contributed by atoms with Crippen molar-refractivity contribution in [3.63, 3.8) is 0 Å². The van der Waals surface area contributed by atoms with E-state index in [1.54, 1.807) is 48.2 Å². The Hall–Kier alpha value is -5.04. The number of hydrogen-bond donors (Lipinski definition) is 2. The summed E-state index contributed by atoms with van der Waals surface area (Å²) in [6.07, 6.45) is -1.02. The van der Waals surface area contributed by atoms with E-state index in [0.717, 1.165) is 11.1 Å². The average molecular weight is 723 g/mol. The Kier molecular flexibility index (Phi) is 9.40. The highest BCUT2D eigenvalue weighted by molar-refractivity contribution is 6.72. The van der Waals surface area contributed by atoms with Crippen molar-refractivity contribution in [3.05, 3.63) is 124 Å². The fourth-order valence-electron chi connectivity index (χ4n) is 8.25. The van der Waals surface area contributed by atoms with Crippen molar-refractivity contribution in [2.24, 2.45) is 5.92 Å². The van der Waals surface area contributed by atoms with Crippen molar-refractivity contribution in [1.82, 2.24) is 14.7 Å². The summed E-state index contributed by atoms with van der Waals surface area (Å²) in [5, 5.41) is 13.6. The quantitative estimate of drug-likeness (QED) is 0.127. The number of anilines is 1. The molecule has 2 aliphatic rings. The van der Waals surface area contributed by atoms with E-state index in [-0.39, 0.29) is 50.0 Å². The van der Waals surface area contributed by atoms with Gasteiger partial charge in [0, 0.05) is 30.1 Å². The minimum Gasteiger partial charge on any atom is -0.497 e. The zero-order chi connectivity index (χ0) is 36.8. The van der Waals surface area contributed by atoms with E-state index < -0.39 is 31.6 Å². The molecule has 1 aromatic heterocycles. The third kappa shape index (κ3) is 6.14. The van der Waals surface area contributed by atoms with Crippen LogP contribution in [0.25, 0.3) is 16.6 Å². The van der Waals surface area contributed by atoms with E-state index >= 15 is 4.11 Å². The number of hydrogen-bond acceptors (Lipinski definition) is 6.